The Bertz CT molecular complexity index is 765. The predicted octanol–water partition coefficient (Wildman–Crippen LogP) is 3.76. The van der Waals surface area contributed by atoms with Gasteiger partial charge in [-0.05, 0) is 29.5 Å². The Hall–Kier alpha value is -2.26. The summed E-state index contributed by atoms with van der Waals surface area (Å²) >= 11 is 0. The third kappa shape index (κ3) is 2.17. The van der Waals surface area contributed by atoms with E-state index in [1.165, 1.54) is 6.07 Å². The van der Waals surface area contributed by atoms with E-state index in [0.717, 1.165) is 16.3 Å². The molecule has 1 atom stereocenters. The maximum atomic E-state index is 13.3. The molecule has 1 unspecified atom stereocenters. The summed E-state index contributed by atoms with van der Waals surface area (Å²) in [7, 11) is 0. The SMILES string of the molecule is Cc1cc(C(O)c2cncc3ccccc23)ccc1F. The highest BCUT2D eigenvalue weighted by Gasteiger charge is 2.14. The van der Waals surface area contributed by atoms with Crippen LogP contribution in [0, 0.1) is 12.7 Å². The number of nitrogens with zero attached hydrogens (tertiary/aromatic N) is 1. The molecule has 1 N–H and O–H groups in total. The minimum atomic E-state index is -0.812. The van der Waals surface area contributed by atoms with Crippen molar-refractivity contribution in [3.63, 3.8) is 0 Å². The molecule has 1 aromatic heterocycles. The van der Waals surface area contributed by atoms with Crippen LogP contribution in [0.5, 0.6) is 0 Å². The number of pyridine rings is 1. The van der Waals surface area contributed by atoms with Crippen molar-refractivity contribution in [2.45, 2.75) is 13.0 Å². The molecule has 0 saturated carbocycles. The van der Waals surface area contributed by atoms with Gasteiger partial charge in [0.1, 0.15) is 11.9 Å². The van der Waals surface area contributed by atoms with Crippen LogP contribution in [0.2, 0.25) is 0 Å². The Morgan fingerprint density at radius 3 is 2.70 bits per heavy atom. The molecule has 0 amide bonds. The Labute approximate surface area is 116 Å². The fraction of sp³-hybridized carbons (Fsp3) is 0.118. The molecule has 100 valence electrons. The van der Waals surface area contributed by atoms with Crippen LogP contribution < -0.4 is 0 Å². The average molecular weight is 267 g/mol. The lowest BCUT2D eigenvalue weighted by atomic mass is 9.97. The van der Waals surface area contributed by atoms with Gasteiger partial charge < -0.3 is 5.11 Å². The van der Waals surface area contributed by atoms with E-state index in [0.29, 0.717) is 11.1 Å². The van der Waals surface area contributed by atoms with Crippen LogP contribution in [-0.4, -0.2) is 10.1 Å². The molecule has 1 heterocycles. The number of rotatable bonds is 2. The Kier molecular flexibility index (Phi) is 3.20. The molecule has 3 aromatic rings. The second-order valence-electron chi connectivity index (χ2n) is 4.86. The molecule has 2 aromatic carbocycles. The predicted molar refractivity (Wildman–Crippen MR) is 76.9 cm³/mol. The molecular weight excluding hydrogens is 253 g/mol. The van der Waals surface area contributed by atoms with E-state index >= 15 is 0 Å². The van der Waals surface area contributed by atoms with E-state index < -0.39 is 6.10 Å². The summed E-state index contributed by atoms with van der Waals surface area (Å²) in [5, 5.41) is 12.5. The summed E-state index contributed by atoms with van der Waals surface area (Å²) in [5.74, 6) is -0.267. The lowest BCUT2D eigenvalue weighted by Gasteiger charge is -2.14. The van der Waals surface area contributed by atoms with Gasteiger partial charge in [0.15, 0.2) is 0 Å². The molecule has 0 radical (unpaired) electrons. The van der Waals surface area contributed by atoms with Crippen LogP contribution in [0.15, 0.2) is 54.9 Å². The second kappa shape index (κ2) is 5.02. The first-order valence-electron chi connectivity index (χ1n) is 6.43. The van der Waals surface area contributed by atoms with Crippen LogP contribution >= 0.6 is 0 Å². The first kappa shape index (κ1) is 12.8. The van der Waals surface area contributed by atoms with Crippen molar-refractivity contribution >= 4 is 10.8 Å². The second-order valence-corrected chi connectivity index (χ2v) is 4.86. The lowest BCUT2D eigenvalue weighted by Crippen LogP contribution is -2.02. The fourth-order valence-electron chi connectivity index (χ4n) is 2.38. The number of fused-ring (bicyclic) bond motifs is 1. The third-order valence-corrected chi connectivity index (χ3v) is 3.49. The van der Waals surface area contributed by atoms with E-state index in [-0.39, 0.29) is 5.82 Å². The smallest absolute Gasteiger partial charge is 0.126 e. The molecule has 3 heteroatoms. The summed E-state index contributed by atoms with van der Waals surface area (Å²) in [6.45, 7) is 1.69. The van der Waals surface area contributed by atoms with E-state index in [2.05, 4.69) is 4.98 Å². The van der Waals surface area contributed by atoms with Gasteiger partial charge in [0, 0.05) is 23.3 Å². The first-order chi connectivity index (χ1) is 9.66. The number of benzene rings is 2. The highest BCUT2D eigenvalue weighted by atomic mass is 19.1. The summed E-state index contributed by atoms with van der Waals surface area (Å²) in [6, 6.07) is 12.4. The summed E-state index contributed by atoms with van der Waals surface area (Å²) in [4.78, 5) is 4.17. The van der Waals surface area contributed by atoms with Gasteiger partial charge in [-0.15, -0.1) is 0 Å². The molecule has 20 heavy (non-hydrogen) atoms. The van der Waals surface area contributed by atoms with Crippen molar-refractivity contribution in [2.24, 2.45) is 0 Å². The summed E-state index contributed by atoms with van der Waals surface area (Å²) < 4.78 is 13.3. The van der Waals surface area contributed by atoms with Gasteiger partial charge >= 0.3 is 0 Å². The third-order valence-electron chi connectivity index (χ3n) is 3.49. The molecule has 0 aliphatic carbocycles. The van der Waals surface area contributed by atoms with E-state index in [1.54, 1.807) is 31.5 Å². The van der Waals surface area contributed by atoms with Gasteiger partial charge in [-0.2, -0.15) is 0 Å². The maximum absolute atomic E-state index is 13.3. The van der Waals surface area contributed by atoms with Crippen molar-refractivity contribution in [1.29, 1.82) is 0 Å². The lowest BCUT2D eigenvalue weighted by molar-refractivity contribution is 0.221. The molecular formula is C17H14FNO. The minimum Gasteiger partial charge on any atom is -0.384 e. The van der Waals surface area contributed by atoms with Gasteiger partial charge in [-0.1, -0.05) is 36.4 Å². The number of aliphatic hydroxyl groups excluding tert-OH is 1. The molecule has 0 aliphatic rings. The van der Waals surface area contributed by atoms with Crippen LogP contribution in [0.25, 0.3) is 10.8 Å². The quantitative estimate of drug-likeness (QED) is 0.766. The summed E-state index contributed by atoms with van der Waals surface area (Å²) in [5.41, 5.74) is 1.92. The van der Waals surface area contributed by atoms with E-state index in [4.69, 9.17) is 0 Å². The van der Waals surface area contributed by atoms with E-state index in [9.17, 15) is 9.50 Å². The van der Waals surface area contributed by atoms with E-state index in [1.807, 2.05) is 24.3 Å². The molecule has 3 rings (SSSR count). The van der Waals surface area contributed by atoms with Crippen molar-refractivity contribution in [3.8, 4) is 0 Å². The highest BCUT2D eigenvalue weighted by molar-refractivity contribution is 5.85. The van der Waals surface area contributed by atoms with Crippen LogP contribution in [-0.2, 0) is 0 Å². The molecule has 0 spiro atoms. The topological polar surface area (TPSA) is 33.1 Å². The standard InChI is InChI=1S/C17H14FNO/c1-11-8-12(6-7-16(11)18)17(20)15-10-19-9-13-4-2-3-5-14(13)15/h2-10,17,20H,1H3. The number of aliphatic hydroxyl groups is 1. The van der Waals surface area contributed by atoms with Crippen molar-refractivity contribution in [2.75, 3.05) is 0 Å². The Balaban J connectivity index is 2.12. The number of hydrogen-bond acceptors (Lipinski definition) is 2. The molecule has 0 aliphatic heterocycles. The Morgan fingerprint density at radius 1 is 1.10 bits per heavy atom. The number of aromatic nitrogens is 1. The van der Waals surface area contributed by atoms with Crippen LogP contribution in [0.1, 0.15) is 22.8 Å². The van der Waals surface area contributed by atoms with Crippen LogP contribution in [0.3, 0.4) is 0 Å². The fourth-order valence-corrected chi connectivity index (χ4v) is 2.38. The molecule has 2 nitrogen and oxygen atoms in total. The normalized spacial score (nSPS) is 12.6. The van der Waals surface area contributed by atoms with Crippen LogP contribution in [0.4, 0.5) is 4.39 Å². The van der Waals surface area contributed by atoms with Crippen molar-refractivity contribution in [1.82, 2.24) is 4.98 Å². The van der Waals surface area contributed by atoms with Crippen molar-refractivity contribution < 1.29 is 9.50 Å². The monoisotopic (exact) mass is 267 g/mol. The summed E-state index contributed by atoms with van der Waals surface area (Å²) in [6.07, 6.45) is 2.61. The first-order valence-corrected chi connectivity index (χ1v) is 6.43. The van der Waals surface area contributed by atoms with Gasteiger partial charge in [0.25, 0.3) is 0 Å². The largest absolute Gasteiger partial charge is 0.384 e. The van der Waals surface area contributed by atoms with Crippen molar-refractivity contribution in [3.05, 3.63) is 77.4 Å². The average Bonchev–Trinajstić information content (AvgIpc) is 2.49. The van der Waals surface area contributed by atoms with Gasteiger partial charge in [0.05, 0.1) is 0 Å². The number of halogens is 1. The molecule has 0 saturated heterocycles. The number of aryl methyl sites for hydroxylation is 1. The number of hydrogen-bond donors (Lipinski definition) is 1. The maximum Gasteiger partial charge on any atom is 0.126 e. The molecule has 0 fully saturated rings. The van der Waals surface area contributed by atoms with Gasteiger partial charge in [-0.3, -0.25) is 4.98 Å². The zero-order valence-corrected chi connectivity index (χ0v) is 11.0. The highest BCUT2D eigenvalue weighted by Crippen LogP contribution is 2.28. The molecule has 0 bridgehead atoms. The van der Waals surface area contributed by atoms with Gasteiger partial charge in [-0.25, -0.2) is 4.39 Å². The zero-order chi connectivity index (χ0) is 14.1. The Morgan fingerprint density at radius 2 is 1.90 bits per heavy atom. The van der Waals surface area contributed by atoms with Gasteiger partial charge in [0.2, 0.25) is 0 Å². The zero-order valence-electron chi connectivity index (χ0n) is 11.0. The minimum absolute atomic E-state index is 0.267.